The van der Waals surface area contributed by atoms with Gasteiger partial charge in [-0.2, -0.15) is 0 Å². The van der Waals surface area contributed by atoms with Crippen molar-refractivity contribution in [1.29, 1.82) is 0 Å². The standard InChI is InChI=1S/C9H12ClNO2S/c1-11-6-7-5-8(10)3-4-9(7)14(2,12)13/h3-5,11H,6H2,1-2H3. The molecule has 0 unspecified atom stereocenters. The van der Waals surface area contributed by atoms with E-state index in [0.717, 1.165) is 0 Å². The maximum Gasteiger partial charge on any atom is 0.175 e. The lowest BCUT2D eigenvalue weighted by atomic mass is 10.2. The topological polar surface area (TPSA) is 46.2 Å². The van der Waals surface area contributed by atoms with E-state index in [1.54, 1.807) is 19.2 Å². The molecule has 5 heteroatoms. The third-order valence-corrected chi connectivity index (χ3v) is 3.22. The highest BCUT2D eigenvalue weighted by Gasteiger charge is 2.12. The third-order valence-electron chi connectivity index (χ3n) is 1.79. The molecule has 0 aliphatic rings. The predicted molar refractivity (Wildman–Crippen MR) is 57.3 cm³/mol. The molecule has 0 saturated heterocycles. The molecule has 0 heterocycles. The van der Waals surface area contributed by atoms with E-state index in [1.807, 2.05) is 0 Å². The van der Waals surface area contributed by atoms with Crippen LogP contribution in [0.4, 0.5) is 0 Å². The van der Waals surface area contributed by atoms with Crippen molar-refractivity contribution in [2.24, 2.45) is 0 Å². The van der Waals surface area contributed by atoms with Crippen LogP contribution >= 0.6 is 11.6 Å². The lowest BCUT2D eigenvalue weighted by Crippen LogP contribution is -2.10. The van der Waals surface area contributed by atoms with Gasteiger partial charge >= 0.3 is 0 Å². The summed E-state index contributed by atoms with van der Waals surface area (Å²) in [5.74, 6) is 0. The molecule has 1 rings (SSSR count). The molecular formula is C9H12ClNO2S. The first-order valence-electron chi connectivity index (χ1n) is 4.08. The van der Waals surface area contributed by atoms with Gasteiger partial charge in [-0.05, 0) is 30.8 Å². The first kappa shape index (κ1) is 11.5. The number of benzene rings is 1. The Labute approximate surface area is 89.0 Å². The highest BCUT2D eigenvalue weighted by atomic mass is 35.5. The predicted octanol–water partition coefficient (Wildman–Crippen LogP) is 1.46. The molecular weight excluding hydrogens is 222 g/mol. The van der Waals surface area contributed by atoms with Gasteiger partial charge in [0, 0.05) is 17.8 Å². The lowest BCUT2D eigenvalue weighted by Gasteiger charge is -2.07. The first-order chi connectivity index (χ1) is 6.45. The van der Waals surface area contributed by atoms with Crippen LogP contribution in [0.15, 0.2) is 23.1 Å². The quantitative estimate of drug-likeness (QED) is 0.860. The molecule has 0 saturated carbocycles. The van der Waals surface area contributed by atoms with Crippen molar-refractivity contribution in [2.75, 3.05) is 13.3 Å². The Morgan fingerprint density at radius 2 is 2.07 bits per heavy atom. The molecule has 1 N–H and O–H groups in total. The Bertz CT molecular complexity index is 428. The van der Waals surface area contributed by atoms with E-state index >= 15 is 0 Å². The minimum atomic E-state index is -3.17. The largest absolute Gasteiger partial charge is 0.316 e. The van der Waals surface area contributed by atoms with Crippen LogP contribution in [0, 0.1) is 0 Å². The van der Waals surface area contributed by atoms with Crippen molar-refractivity contribution in [3.63, 3.8) is 0 Å². The van der Waals surface area contributed by atoms with E-state index < -0.39 is 9.84 Å². The maximum atomic E-state index is 11.4. The van der Waals surface area contributed by atoms with E-state index in [0.29, 0.717) is 22.0 Å². The Hall–Kier alpha value is -0.580. The Morgan fingerprint density at radius 1 is 1.43 bits per heavy atom. The number of sulfone groups is 1. The molecule has 0 atom stereocenters. The minimum absolute atomic E-state index is 0.330. The van der Waals surface area contributed by atoms with E-state index in [1.165, 1.54) is 12.3 Å². The van der Waals surface area contributed by atoms with Crippen LogP contribution in [0.1, 0.15) is 5.56 Å². The normalized spacial score (nSPS) is 11.6. The van der Waals surface area contributed by atoms with Gasteiger partial charge in [0.05, 0.1) is 4.90 Å². The van der Waals surface area contributed by atoms with Gasteiger partial charge in [-0.3, -0.25) is 0 Å². The summed E-state index contributed by atoms with van der Waals surface area (Å²) in [6, 6.07) is 4.77. The maximum absolute atomic E-state index is 11.4. The number of halogens is 1. The molecule has 0 spiro atoms. The van der Waals surface area contributed by atoms with Crippen molar-refractivity contribution < 1.29 is 8.42 Å². The van der Waals surface area contributed by atoms with Crippen LogP contribution in [-0.2, 0) is 16.4 Å². The first-order valence-corrected chi connectivity index (χ1v) is 6.35. The highest BCUT2D eigenvalue weighted by Crippen LogP contribution is 2.20. The molecule has 1 aromatic carbocycles. The SMILES string of the molecule is CNCc1cc(Cl)ccc1S(C)(=O)=O. The molecule has 78 valence electrons. The van der Waals surface area contributed by atoms with Gasteiger partial charge in [0.2, 0.25) is 0 Å². The average molecular weight is 234 g/mol. The van der Waals surface area contributed by atoms with E-state index in [9.17, 15) is 8.42 Å². The number of nitrogens with one attached hydrogen (secondary N) is 1. The number of hydrogen-bond acceptors (Lipinski definition) is 3. The van der Waals surface area contributed by atoms with Crippen LogP contribution < -0.4 is 5.32 Å². The minimum Gasteiger partial charge on any atom is -0.316 e. The zero-order chi connectivity index (χ0) is 10.8. The number of rotatable bonds is 3. The summed E-state index contributed by atoms with van der Waals surface area (Å²) in [6.45, 7) is 0.489. The second-order valence-electron chi connectivity index (χ2n) is 3.05. The van der Waals surface area contributed by atoms with Crippen LogP contribution in [-0.4, -0.2) is 21.7 Å². The lowest BCUT2D eigenvalue weighted by molar-refractivity contribution is 0.600. The fourth-order valence-electron chi connectivity index (χ4n) is 1.24. The molecule has 0 radical (unpaired) electrons. The van der Waals surface area contributed by atoms with E-state index in [2.05, 4.69) is 5.32 Å². The summed E-state index contributed by atoms with van der Waals surface area (Å²) in [5, 5.41) is 3.44. The molecule has 14 heavy (non-hydrogen) atoms. The highest BCUT2D eigenvalue weighted by molar-refractivity contribution is 7.90. The van der Waals surface area contributed by atoms with Crippen LogP contribution in [0.2, 0.25) is 5.02 Å². The van der Waals surface area contributed by atoms with Gasteiger partial charge in [-0.25, -0.2) is 8.42 Å². The van der Waals surface area contributed by atoms with E-state index in [-0.39, 0.29) is 0 Å². The zero-order valence-corrected chi connectivity index (χ0v) is 9.61. The fraction of sp³-hybridized carbons (Fsp3) is 0.333. The van der Waals surface area contributed by atoms with Gasteiger partial charge in [0.1, 0.15) is 0 Å². The van der Waals surface area contributed by atoms with E-state index in [4.69, 9.17) is 11.6 Å². The smallest absolute Gasteiger partial charge is 0.175 e. The zero-order valence-electron chi connectivity index (χ0n) is 8.04. The van der Waals surface area contributed by atoms with Crippen molar-refractivity contribution in [1.82, 2.24) is 5.32 Å². The van der Waals surface area contributed by atoms with Crippen molar-refractivity contribution in [3.8, 4) is 0 Å². The summed E-state index contributed by atoms with van der Waals surface area (Å²) < 4.78 is 22.7. The molecule has 0 amide bonds. The van der Waals surface area contributed by atoms with Crippen LogP contribution in [0.25, 0.3) is 0 Å². The summed E-state index contributed by atoms with van der Waals surface area (Å²) in [5.41, 5.74) is 0.697. The van der Waals surface area contributed by atoms with Crippen molar-refractivity contribution >= 4 is 21.4 Å². The van der Waals surface area contributed by atoms with Crippen LogP contribution in [0.5, 0.6) is 0 Å². The van der Waals surface area contributed by atoms with Crippen LogP contribution in [0.3, 0.4) is 0 Å². The van der Waals surface area contributed by atoms with Crippen molar-refractivity contribution in [2.45, 2.75) is 11.4 Å². The second kappa shape index (κ2) is 4.29. The van der Waals surface area contributed by atoms with Gasteiger partial charge in [0.15, 0.2) is 9.84 Å². The summed E-state index contributed by atoms with van der Waals surface area (Å²) in [7, 11) is -1.41. The second-order valence-corrected chi connectivity index (χ2v) is 5.48. The Balaban J connectivity index is 3.29. The van der Waals surface area contributed by atoms with Gasteiger partial charge in [-0.15, -0.1) is 0 Å². The molecule has 1 aromatic rings. The Morgan fingerprint density at radius 3 is 2.57 bits per heavy atom. The molecule has 3 nitrogen and oxygen atoms in total. The summed E-state index contributed by atoms with van der Waals surface area (Å²) in [4.78, 5) is 0.330. The fourth-order valence-corrected chi connectivity index (χ4v) is 2.36. The Kier molecular flexibility index (Phi) is 3.53. The van der Waals surface area contributed by atoms with Gasteiger partial charge < -0.3 is 5.32 Å². The summed E-state index contributed by atoms with van der Waals surface area (Å²) in [6.07, 6.45) is 1.19. The third kappa shape index (κ3) is 2.70. The molecule has 0 aliphatic heterocycles. The monoisotopic (exact) mass is 233 g/mol. The molecule has 0 fully saturated rings. The van der Waals surface area contributed by atoms with Crippen molar-refractivity contribution in [3.05, 3.63) is 28.8 Å². The van der Waals surface area contributed by atoms with Gasteiger partial charge in [0.25, 0.3) is 0 Å². The average Bonchev–Trinajstić information content (AvgIpc) is 2.02. The number of hydrogen-bond donors (Lipinski definition) is 1. The molecule has 0 bridgehead atoms. The summed E-state index contributed by atoms with van der Waals surface area (Å²) >= 11 is 5.78. The molecule has 0 aromatic heterocycles. The molecule has 0 aliphatic carbocycles. The van der Waals surface area contributed by atoms with Gasteiger partial charge in [-0.1, -0.05) is 11.6 Å².